The van der Waals surface area contributed by atoms with Crippen LogP contribution in [0.1, 0.15) is 42.3 Å². The summed E-state index contributed by atoms with van der Waals surface area (Å²) < 4.78 is 30.8. The van der Waals surface area contributed by atoms with Crippen molar-refractivity contribution in [1.82, 2.24) is 14.7 Å². The SMILES string of the molecule is CCc1ccccc1N.CCc1ccccc1N=Cc1c(C)[nH]n(C2C=CC(N3CCOCC3)=CC2=S(=O)=O)c1=O. The first-order valence-electron chi connectivity index (χ1n) is 13.8. The molecule has 1 aliphatic heterocycles. The van der Waals surface area contributed by atoms with Crippen molar-refractivity contribution in [3.8, 4) is 0 Å². The molecule has 216 valence electrons. The number of nitrogen functional groups attached to an aromatic ring is 1. The van der Waals surface area contributed by atoms with Crippen molar-refractivity contribution in [2.24, 2.45) is 4.99 Å². The van der Waals surface area contributed by atoms with Crippen LogP contribution in [0.25, 0.3) is 0 Å². The van der Waals surface area contributed by atoms with Crippen LogP contribution in [0.4, 0.5) is 11.4 Å². The van der Waals surface area contributed by atoms with E-state index in [2.05, 4.69) is 34.9 Å². The van der Waals surface area contributed by atoms with E-state index in [1.54, 1.807) is 25.3 Å². The van der Waals surface area contributed by atoms with Crippen LogP contribution in [-0.4, -0.2) is 60.5 Å². The van der Waals surface area contributed by atoms with Crippen LogP contribution in [0.15, 0.2) is 82.2 Å². The van der Waals surface area contributed by atoms with Crippen molar-refractivity contribution < 1.29 is 13.2 Å². The number of rotatable bonds is 6. The van der Waals surface area contributed by atoms with Crippen LogP contribution in [-0.2, 0) is 27.9 Å². The van der Waals surface area contributed by atoms with Crippen molar-refractivity contribution in [1.29, 1.82) is 0 Å². The van der Waals surface area contributed by atoms with Gasteiger partial charge in [0.05, 0.1) is 24.5 Å². The second-order valence-electron chi connectivity index (χ2n) is 9.73. The summed E-state index contributed by atoms with van der Waals surface area (Å²) in [5, 5.41) is 3.03. The molecule has 1 aliphatic carbocycles. The molecule has 0 saturated carbocycles. The summed E-state index contributed by atoms with van der Waals surface area (Å²) in [6, 6.07) is 15.0. The Morgan fingerprint density at radius 1 is 1.05 bits per heavy atom. The normalized spacial score (nSPS) is 16.9. The molecule has 0 amide bonds. The molecule has 0 bridgehead atoms. The van der Waals surface area contributed by atoms with Crippen molar-refractivity contribution in [2.45, 2.75) is 39.7 Å². The Bertz CT molecular complexity index is 1650. The molecule has 5 rings (SSSR count). The van der Waals surface area contributed by atoms with E-state index < -0.39 is 16.3 Å². The lowest BCUT2D eigenvalue weighted by Crippen LogP contribution is -2.37. The number of benzene rings is 2. The lowest BCUT2D eigenvalue weighted by Gasteiger charge is -2.31. The van der Waals surface area contributed by atoms with Gasteiger partial charge in [-0.2, -0.15) is 8.42 Å². The van der Waals surface area contributed by atoms with E-state index in [1.165, 1.54) is 10.2 Å². The summed E-state index contributed by atoms with van der Waals surface area (Å²) in [7, 11) is -2.48. The van der Waals surface area contributed by atoms with Crippen molar-refractivity contribution in [3.63, 3.8) is 0 Å². The van der Waals surface area contributed by atoms with Crippen LogP contribution >= 0.6 is 0 Å². The molecule has 3 N–H and O–H groups in total. The third kappa shape index (κ3) is 7.14. The second kappa shape index (κ2) is 14.0. The quantitative estimate of drug-likeness (QED) is 0.260. The van der Waals surface area contributed by atoms with Crippen molar-refractivity contribution >= 4 is 32.7 Å². The number of hydrogen-bond acceptors (Lipinski definition) is 7. The number of nitrogens with zero attached hydrogens (tertiary/aromatic N) is 3. The Labute approximate surface area is 242 Å². The Kier molecular flexibility index (Phi) is 10.2. The zero-order chi connectivity index (χ0) is 29.4. The molecular formula is C31H37N5O4S. The van der Waals surface area contributed by atoms with Crippen LogP contribution in [0.2, 0.25) is 0 Å². The molecule has 0 spiro atoms. The first-order chi connectivity index (χ1) is 19.8. The Hall–Kier alpha value is -4.15. The molecule has 2 aromatic carbocycles. The van der Waals surface area contributed by atoms with E-state index in [0.717, 1.165) is 35.5 Å². The Balaban J connectivity index is 0.000000367. The molecule has 9 nitrogen and oxygen atoms in total. The topological polar surface area (TPSA) is 123 Å². The maximum atomic E-state index is 13.2. The first kappa shape index (κ1) is 29.8. The number of para-hydroxylation sites is 2. The van der Waals surface area contributed by atoms with Crippen molar-refractivity contribution in [2.75, 3.05) is 32.0 Å². The fourth-order valence-corrected chi connectivity index (χ4v) is 5.40. The smallest absolute Gasteiger partial charge is 0.276 e. The van der Waals surface area contributed by atoms with Crippen LogP contribution in [0.3, 0.4) is 0 Å². The van der Waals surface area contributed by atoms with Gasteiger partial charge >= 0.3 is 0 Å². The highest BCUT2D eigenvalue weighted by atomic mass is 32.2. The maximum absolute atomic E-state index is 13.2. The van der Waals surface area contributed by atoms with Crippen LogP contribution in [0.5, 0.6) is 0 Å². The number of aromatic nitrogens is 2. The molecular weight excluding hydrogens is 538 g/mol. The van der Waals surface area contributed by atoms with Gasteiger partial charge in [-0.3, -0.25) is 14.9 Å². The summed E-state index contributed by atoms with van der Waals surface area (Å²) >= 11 is 0. The number of aliphatic imine (C=N–C) groups is 1. The number of hydrogen-bond donors (Lipinski definition) is 2. The maximum Gasteiger partial charge on any atom is 0.276 e. The zero-order valence-electron chi connectivity index (χ0n) is 23.7. The average Bonchev–Trinajstić information content (AvgIpc) is 3.29. The minimum absolute atomic E-state index is 0.136. The zero-order valence-corrected chi connectivity index (χ0v) is 24.5. The van der Waals surface area contributed by atoms with Gasteiger partial charge < -0.3 is 15.4 Å². The summed E-state index contributed by atoms with van der Waals surface area (Å²) in [5.74, 6) is 0. The largest absolute Gasteiger partial charge is 0.399 e. The Morgan fingerprint density at radius 2 is 1.71 bits per heavy atom. The molecule has 10 heteroatoms. The van der Waals surface area contributed by atoms with Crippen LogP contribution < -0.4 is 11.3 Å². The molecule has 3 aromatic rings. The van der Waals surface area contributed by atoms with Gasteiger partial charge in [0.1, 0.15) is 10.9 Å². The van der Waals surface area contributed by atoms with Gasteiger partial charge in [0, 0.05) is 36.4 Å². The minimum Gasteiger partial charge on any atom is -0.399 e. The molecule has 1 atom stereocenters. The van der Waals surface area contributed by atoms with Crippen molar-refractivity contribution in [3.05, 3.63) is 105 Å². The van der Waals surface area contributed by atoms with E-state index in [1.807, 2.05) is 48.5 Å². The summed E-state index contributed by atoms with van der Waals surface area (Å²) in [6.07, 6.45) is 8.64. The number of nitrogens with two attached hydrogens (primary N) is 1. The van der Waals surface area contributed by atoms with Gasteiger partial charge in [-0.05, 0) is 55.2 Å². The van der Waals surface area contributed by atoms with E-state index >= 15 is 0 Å². The molecule has 2 heterocycles. The number of aromatic amines is 1. The van der Waals surface area contributed by atoms with Gasteiger partial charge in [-0.15, -0.1) is 0 Å². The number of aryl methyl sites for hydroxylation is 3. The number of morpholine rings is 1. The lowest BCUT2D eigenvalue weighted by atomic mass is 10.1. The predicted molar refractivity (Wildman–Crippen MR) is 166 cm³/mol. The van der Waals surface area contributed by atoms with E-state index in [4.69, 9.17) is 10.5 Å². The van der Waals surface area contributed by atoms with E-state index in [-0.39, 0.29) is 10.4 Å². The summed E-state index contributed by atoms with van der Waals surface area (Å²) in [5.41, 5.74) is 11.2. The molecule has 1 unspecified atom stereocenters. The Morgan fingerprint density at radius 3 is 2.34 bits per heavy atom. The van der Waals surface area contributed by atoms with E-state index in [9.17, 15) is 13.2 Å². The van der Waals surface area contributed by atoms with Crippen LogP contribution in [0, 0.1) is 6.92 Å². The first-order valence-corrected chi connectivity index (χ1v) is 14.9. The molecule has 1 fully saturated rings. The van der Waals surface area contributed by atoms with Gasteiger partial charge in [0.15, 0.2) is 0 Å². The third-order valence-corrected chi connectivity index (χ3v) is 7.90. The summed E-state index contributed by atoms with van der Waals surface area (Å²) in [6.45, 7) is 8.53. The summed E-state index contributed by atoms with van der Waals surface area (Å²) in [4.78, 5) is 19.9. The molecule has 41 heavy (non-hydrogen) atoms. The lowest BCUT2D eigenvalue weighted by molar-refractivity contribution is 0.0554. The molecule has 0 radical (unpaired) electrons. The highest BCUT2D eigenvalue weighted by molar-refractivity contribution is 7.73. The van der Waals surface area contributed by atoms with Gasteiger partial charge in [-0.1, -0.05) is 56.3 Å². The van der Waals surface area contributed by atoms with Gasteiger partial charge in [-0.25, -0.2) is 4.68 Å². The monoisotopic (exact) mass is 575 g/mol. The van der Waals surface area contributed by atoms with E-state index in [0.29, 0.717) is 37.6 Å². The highest BCUT2D eigenvalue weighted by Gasteiger charge is 2.25. The number of ether oxygens (including phenoxy) is 1. The molecule has 1 saturated heterocycles. The minimum atomic E-state index is -2.48. The number of nitrogens with one attached hydrogen (secondary N) is 1. The third-order valence-electron chi connectivity index (χ3n) is 7.16. The molecule has 1 aromatic heterocycles. The fraction of sp³-hybridized carbons (Fsp3) is 0.323. The highest BCUT2D eigenvalue weighted by Crippen LogP contribution is 2.22. The number of allylic oxidation sites excluding steroid dienone is 3. The number of anilines is 1. The standard InChI is InChI=1S/C23H26N4O4S.C8H11N/c1-3-17-6-4-5-7-20(17)24-15-19-16(2)25-27(23(19)28)21-9-8-18(14-22(21)32(29)30)26-10-12-31-13-11-26;1-2-7-5-3-4-6-8(7)9/h4-9,14-15,21,25H,3,10-13H2,1-2H3;3-6H,2,9H2,1H3. The van der Waals surface area contributed by atoms with Gasteiger partial charge in [0.25, 0.3) is 5.56 Å². The average molecular weight is 576 g/mol. The fourth-order valence-electron chi connectivity index (χ4n) is 4.80. The number of H-pyrrole nitrogens is 1. The predicted octanol–water partition coefficient (Wildman–Crippen LogP) is 4.01. The second-order valence-corrected chi connectivity index (χ2v) is 10.7. The van der Waals surface area contributed by atoms with Gasteiger partial charge in [0.2, 0.25) is 10.3 Å². The molecule has 2 aliphatic rings.